The summed E-state index contributed by atoms with van der Waals surface area (Å²) in [7, 11) is 1.63. The zero-order valence-corrected chi connectivity index (χ0v) is 20.9. The summed E-state index contributed by atoms with van der Waals surface area (Å²) in [6.07, 6.45) is 18.9. The smallest absolute Gasteiger partial charge is 0.232 e. The number of ether oxygens (including phenoxy) is 1. The standard InChI is InChI=1S/C29H37N5O/c1-35-28-18-30-26(17-31-28)29-32-25-10-2-3-11-27(25)34(29)24-15-21-8-5-9-22(16-24)33(21)23-13-19-6-4-7-20(12-19)14-23/h2-3,10-11,17-24H,4-9,12-16H2,1H3/t19-,20+,21-,22+,23?,24?. The minimum atomic E-state index is 0.455. The van der Waals surface area contributed by atoms with Crippen molar-refractivity contribution < 1.29 is 4.74 Å². The lowest BCUT2D eigenvalue weighted by Crippen LogP contribution is -2.58. The van der Waals surface area contributed by atoms with Gasteiger partial charge in [0, 0.05) is 24.2 Å². The summed E-state index contributed by atoms with van der Waals surface area (Å²) in [5.74, 6) is 3.47. The van der Waals surface area contributed by atoms with Gasteiger partial charge in [-0.2, -0.15) is 0 Å². The molecule has 2 aliphatic carbocycles. The molecule has 4 aliphatic rings. The van der Waals surface area contributed by atoms with Crippen molar-refractivity contribution in [3.05, 3.63) is 36.7 Å². The molecule has 0 N–H and O–H groups in total. The van der Waals surface area contributed by atoms with Crippen LogP contribution in [0.2, 0.25) is 0 Å². The first-order chi connectivity index (χ1) is 17.3. The first-order valence-electron chi connectivity index (χ1n) is 13.9. The van der Waals surface area contributed by atoms with Crippen LogP contribution in [0.4, 0.5) is 0 Å². The first kappa shape index (κ1) is 21.8. The maximum atomic E-state index is 5.25. The Balaban J connectivity index is 1.23. The molecule has 4 heterocycles. The molecule has 1 aromatic carbocycles. The highest BCUT2D eigenvalue weighted by Gasteiger charge is 2.45. The third-order valence-electron chi connectivity index (χ3n) is 9.56. The van der Waals surface area contributed by atoms with Crippen LogP contribution in [0.1, 0.15) is 76.7 Å². The molecule has 0 amide bonds. The number of hydrogen-bond donors (Lipinski definition) is 0. The zero-order chi connectivity index (χ0) is 23.4. The van der Waals surface area contributed by atoms with Gasteiger partial charge in [-0.1, -0.05) is 37.8 Å². The van der Waals surface area contributed by atoms with E-state index in [0.717, 1.165) is 34.9 Å². The Kier molecular flexibility index (Phi) is 5.53. The van der Waals surface area contributed by atoms with Crippen molar-refractivity contribution in [2.45, 2.75) is 94.8 Å². The molecular weight excluding hydrogens is 434 g/mol. The van der Waals surface area contributed by atoms with E-state index >= 15 is 0 Å². The maximum absolute atomic E-state index is 5.25. The molecule has 6 atom stereocenters. The number of para-hydroxylation sites is 2. The van der Waals surface area contributed by atoms with E-state index in [4.69, 9.17) is 9.72 Å². The van der Waals surface area contributed by atoms with Crippen LogP contribution in [-0.4, -0.2) is 49.7 Å². The predicted octanol–water partition coefficient (Wildman–Crippen LogP) is 6.03. The Hall–Kier alpha value is -2.47. The lowest BCUT2D eigenvalue weighted by molar-refractivity contribution is -0.0480. The summed E-state index contributed by atoms with van der Waals surface area (Å²) in [6.45, 7) is 0. The van der Waals surface area contributed by atoms with E-state index in [1.54, 1.807) is 13.3 Å². The summed E-state index contributed by atoms with van der Waals surface area (Å²) in [5.41, 5.74) is 3.10. The lowest BCUT2D eigenvalue weighted by atomic mass is 9.68. The quantitative estimate of drug-likeness (QED) is 0.465. The van der Waals surface area contributed by atoms with Gasteiger partial charge in [-0.15, -0.1) is 0 Å². The number of methoxy groups -OCH3 is 1. The number of rotatable bonds is 4. The minimum Gasteiger partial charge on any atom is -0.480 e. The number of benzene rings is 1. The van der Waals surface area contributed by atoms with Crippen LogP contribution >= 0.6 is 0 Å². The molecular formula is C29H37N5O. The van der Waals surface area contributed by atoms with Crippen LogP contribution < -0.4 is 4.74 Å². The molecule has 0 spiro atoms. The molecule has 35 heavy (non-hydrogen) atoms. The molecule has 6 nitrogen and oxygen atoms in total. The average molecular weight is 472 g/mol. The summed E-state index contributed by atoms with van der Waals surface area (Å²) >= 11 is 0. The normalized spacial score (nSPS) is 33.1. The summed E-state index contributed by atoms with van der Waals surface area (Å²) in [5, 5.41) is 0. The monoisotopic (exact) mass is 471 g/mol. The van der Waals surface area contributed by atoms with Gasteiger partial charge in [0.2, 0.25) is 5.88 Å². The Bertz CT molecular complexity index is 1160. The van der Waals surface area contributed by atoms with Crippen molar-refractivity contribution in [3.63, 3.8) is 0 Å². The number of aromatic nitrogens is 4. The lowest BCUT2D eigenvalue weighted by Gasteiger charge is -2.55. The van der Waals surface area contributed by atoms with Gasteiger partial charge in [-0.25, -0.2) is 15.0 Å². The van der Waals surface area contributed by atoms with Crippen LogP contribution in [-0.2, 0) is 0 Å². The van der Waals surface area contributed by atoms with Crippen LogP contribution in [0, 0.1) is 11.8 Å². The van der Waals surface area contributed by atoms with Gasteiger partial charge in [0.05, 0.1) is 30.5 Å². The SMILES string of the molecule is COc1cnc(-c2nc3ccccc3n2C2C[C@H]3CCC[C@@H](C2)N3C2C[C@H]3CCC[C@@H](C2)C3)cn1. The average Bonchev–Trinajstić information content (AvgIpc) is 3.27. The second-order valence-electron chi connectivity index (χ2n) is 11.6. The zero-order valence-electron chi connectivity index (χ0n) is 20.9. The predicted molar refractivity (Wildman–Crippen MR) is 137 cm³/mol. The molecule has 4 fully saturated rings. The van der Waals surface area contributed by atoms with E-state index in [9.17, 15) is 0 Å². The maximum Gasteiger partial charge on any atom is 0.232 e. The van der Waals surface area contributed by atoms with Crippen molar-refractivity contribution >= 4 is 11.0 Å². The molecule has 0 radical (unpaired) electrons. The van der Waals surface area contributed by atoms with Crippen LogP contribution in [0.5, 0.6) is 5.88 Å². The molecule has 184 valence electrons. The second-order valence-corrected chi connectivity index (χ2v) is 11.6. The van der Waals surface area contributed by atoms with Crippen LogP contribution in [0.3, 0.4) is 0 Å². The molecule has 2 aromatic heterocycles. The van der Waals surface area contributed by atoms with Gasteiger partial charge in [0.1, 0.15) is 5.69 Å². The Morgan fingerprint density at radius 3 is 2.23 bits per heavy atom. The van der Waals surface area contributed by atoms with Gasteiger partial charge in [0.25, 0.3) is 0 Å². The van der Waals surface area contributed by atoms with Crippen molar-refractivity contribution in [2.24, 2.45) is 11.8 Å². The molecule has 2 saturated carbocycles. The summed E-state index contributed by atoms with van der Waals surface area (Å²) < 4.78 is 7.76. The number of fused-ring (bicyclic) bond motifs is 5. The highest BCUT2D eigenvalue weighted by Crippen LogP contribution is 2.48. The van der Waals surface area contributed by atoms with Gasteiger partial charge in [0.15, 0.2) is 5.82 Å². The van der Waals surface area contributed by atoms with Crippen molar-refractivity contribution in [1.29, 1.82) is 0 Å². The van der Waals surface area contributed by atoms with E-state index < -0.39 is 0 Å². The molecule has 2 unspecified atom stereocenters. The third-order valence-corrected chi connectivity index (χ3v) is 9.56. The highest BCUT2D eigenvalue weighted by molar-refractivity contribution is 5.80. The van der Waals surface area contributed by atoms with Gasteiger partial charge >= 0.3 is 0 Å². The van der Waals surface area contributed by atoms with E-state index in [2.05, 4.69) is 43.7 Å². The number of piperidine rings is 2. The van der Waals surface area contributed by atoms with E-state index in [1.807, 2.05) is 6.20 Å². The fraction of sp³-hybridized carbons (Fsp3) is 0.621. The fourth-order valence-corrected chi connectivity index (χ4v) is 8.27. The molecule has 6 heteroatoms. The second kappa shape index (κ2) is 8.88. The first-order valence-corrected chi connectivity index (χ1v) is 13.9. The van der Waals surface area contributed by atoms with Crippen molar-refractivity contribution in [3.8, 4) is 17.4 Å². The molecule has 7 rings (SSSR count). The number of imidazole rings is 1. The van der Waals surface area contributed by atoms with Crippen molar-refractivity contribution in [1.82, 2.24) is 24.4 Å². The Labute approximate surface area is 208 Å². The molecule has 2 aliphatic heterocycles. The number of nitrogens with zero attached hydrogens (tertiary/aromatic N) is 5. The van der Waals surface area contributed by atoms with Crippen LogP contribution in [0.15, 0.2) is 36.7 Å². The number of hydrogen-bond acceptors (Lipinski definition) is 5. The van der Waals surface area contributed by atoms with Crippen molar-refractivity contribution in [2.75, 3.05) is 7.11 Å². The Morgan fingerprint density at radius 1 is 0.771 bits per heavy atom. The largest absolute Gasteiger partial charge is 0.480 e. The summed E-state index contributed by atoms with van der Waals surface area (Å²) in [4.78, 5) is 17.2. The van der Waals surface area contributed by atoms with E-state index in [-0.39, 0.29) is 0 Å². The van der Waals surface area contributed by atoms with Crippen LogP contribution in [0.25, 0.3) is 22.6 Å². The van der Waals surface area contributed by atoms with Gasteiger partial charge < -0.3 is 9.30 Å². The molecule has 3 aromatic rings. The third kappa shape index (κ3) is 3.85. The topological polar surface area (TPSA) is 56.1 Å². The molecule has 4 bridgehead atoms. The summed E-state index contributed by atoms with van der Waals surface area (Å²) in [6, 6.07) is 11.3. The fourth-order valence-electron chi connectivity index (χ4n) is 8.27. The molecule has 2 saturated heterocycles. The van der Waals surface area contributed by atoms with Gasteiger partial charge in [-0.3, -0.25) is 4.90 Å². The highest BCUT2D eigenvalue weighted by atomic mass is 16.5. The van der Waals surface area contributed by atoms with E-state index in [0.29, 0.717) is 24.0 Å². The van der Waals surface area contributed by atoms with Gasteiger partial charge in [-0.05, 0) is 68.9 Å². The Morgan fingerprint density at radius 2 is 1.51 bits per heavy atom. The van der Waals surface area contributed by atoms with E-state index in [1.165, 1.54) is 76.1 Å². The minimum absolute atomic E-state index is 0.455.